The van der Waals surface area contributed by atoms with Crippen molar-refractivity contribution in [1.29, 1.82) is 0 Å². The average Bonchev–Trinajstić information content (AvgIpc) is 2.72. The van der Waals surface area contributed by atoms with Gasteiger partial charge in [-0.15, -0.1) is 0 Å². The first-order valence-electron chi connectivity index (χ1n) is 5.95. The molecule has 1 nitrogen and oxygen atoms in total. The summed E-state index contributed by atoms with van der Waals surface area (Å²) in [5.41, 5.74) is 2.79. The molecule has 1 heteroatoms. The van der Waals surface area contributed by atoms with Gasteiger partial charge in [-0.1, -0.05) is 31.2 Å². The molecule has 0 heterocycles. The molecule has 16 heavy (non-hydrogen) atoms. The Morgan fingerprint density at radius 2 is 1.94 bits per heavy atom. The van der Waals surface area contributed by atoms with E-state index in [2.05, 4.69) is 19.9 Å². The van der Waals surface area contributed by atoms with Gasteiger partial charge in [-0.2, -0.15) is 0 Å². The molecule has 1 aromatic carbocycles. The molecule has 1 aliphatic carbocycles. The van der Waals surface area contributed by atoms with Crippen LogP contribution in [-0.4, -0.2) is 0 Å². The highest BCUT2D eigenvalue weighted by atomic mass is 16.5. The normalized spacial score (nSPS) is 18.2. The predicted octanol–water partition coefficient (Wildman–Crippen LogP) is 4.47. The van der Waals surface area contributed by atoms with Crippen LogP contribution in [0.4, 0.5) is 0 Å². The summed E-state index contributed by atoms with van der Waals surface area (Å²) in [4.78, 5) is 0. The Kier molecular flexibility index (Phi) is 3.45. The Morgan fingerprint density at radius 1 is 1.19 bits per heavy atom. The van der Waals surface area contributed by atoms with Gasteiger partial charge in [0.1, 0.15) is 11.5 Å². The molecule has 0 fully saturated rings. The number of ether oxygens (including phenoxy) is 1. The highest BCUT2D eigenvalue weighted by molar-refractivity contribution is 5.39. The Bertz CT molecular complexity index is 412. The third-order valence-electron chi connectivity index (χ3n) is 3.05. The second kappa shape index (κ2) is 5.02. The van der Waals surface area contributed by atoms with E-state index in [9.17, 15) is 0 Å². The van der Waals surface area contributed by atoms with Gasteiger partial charge in [0.05, 0.1) is 0 Å². The van der Waals surface area contributed by atoms with Crippen molar-refractivity contribution in [3.63, 3.8) is 0 Å². The number of hydrogen-bond donors (Lipinski definition) is 0. The van der Waals surface area contributed by atoms with Crippen molar-refractivity contribution < 1.29 is 4.74 Å². The van der Waals surface area contributed by atoms with Crippen molar-refractivity contribution >= 4 is 0 Å². The molecule has 0 atom stereocenters. The monoisotopic (exact) mass is 214 g/mol. The van der Waals surface area contributed by atoms with E-state index in [0.717, 1.165) is 30.8 Å². The van der Waals surface area contributed by atoms with Gasteiger partial charge in [0.25, 0.3) is 0 Å². The van der Waals surface area contributed by atoms with Crippen LogP contribution in [0.2, 0.25) is 0 Å². The lowest BCUT2D eigenvalue weighted by molar-refractivity contribution is 0.432. The number of benzene rings is 1. The summed E-state index contributed by atoms with van der Waals surface area (Å²) >= 11 is 0. The maximum absolute atomic E-state index is 5.99. The smallest absolute Gasteiger partial charge is 0.129 e. The summed E-state index contributed by atoms with van der Waals surface area (Å²) < 4.78 is 5.99. The number of hydrogen-bond acceptors (Lipinski definition) is 1. The Balaban J connectivity index is 2.25. The fraction of sp³-hybridized carbons (Fsp3) is 0.333. The summed E-state index contributed by atoms with van der Waals surface area (Å²) in [5.74, 6) is 2.04. The zero-order valence-electron chi connectivity index (χ0n) is 9.99. The Hall–Kier alpha value is -1.50. The highest BCUT2D eigenvalue weighted by Gasteiger charge is 2.19. The van der Waals surface area contributed by atoms with Crippen LogP contribution in [0.5, 0.6) is 5.75 Å². The quantitative estimate of drug-likeness (QED) is 0.721. The lowest BCUT2D eigenvalue weighted by Crippen LogP contribution is -1.97. The summed E-state index contributed by atoms with van der Waals surface area (Å²) in [5, 5.41) is 0. The average molecular weight is 214 g/mol. The molecule has 0 unspecified atom stereocenters. The van der Waals surface area contributed by atoms with Crippen LogP contribution in [-0.2, 0) is 0 Å². The summed E-state index contributed by atoms with van der Waals surface area (Å²) in [6.45, 7) is 4.28. The number of rotatable bonds is 3. The first-order valence-corrected chi connectivity index (χ1v) is 5.95. The fourth-order valence-corrected chi connectivity index (χ4v) is 2.10. The van der Waals surface area contributed by atoms with E-state index in [1.165, 1.54) is 11.1 Å². The van der Waals surface area contributed by atoms with Crippen molar-refractivity contribution in [1.82, 2.24) is 0 Å². The first-order chi connectivity index (χ1) is 7.85. The van der Waals surface area contributed by atoms with Crippen LogP contribution < -0.4 is 4.74 Å². The van der Waals surface area contributed by atoms with E-state index >= 15 is 0 Å². The van der Waals surface area contributed by atoms with Crippen molar-refractivity contribution in [3.8, 4) is 5.75 Å². The Labute approximate surface area is 97.4 Å². The summed E-state index contributed by atoms with van der Waals surface area (Å²) in [6, 6.07) is 10.0. The third kappa shape index (κ3) is 2.19. The zero-order valence-corrected chi connectivity index (χ0v) is 9.99. The van der Waals surface area contributed by atoms with Gasteiger partial charge in [0, 0.05) is 0 Å². The summed E-state index contributed by atoms with van der Waals surface area (Å²) in [7, 11) is 0. The van der Waals surface area contributed by atoms with Crippen molar-refractivity contribution in [2.75, 3.05) is 0 Å². The molecule has 0 N–H and O–H groups in total. The van der Waals surface area contributed by atoms with Gasteiger partial charge >= 0.3 is 0 Å². The maximum atomic E-state index is 5.99. The van der Waals surface area contributed by atoms with Crippen molar-refractivity contribution in [2.45, 2.75) is 33.1 Å². The lowest BCUT2D eigenvalue weighted by atomic mass is 10.2. The van der Waals surface area contributed by atoms with Crippen molar-refractivity contribution in [3.05, 3.63) is 53.3 Å². The molecule has 2 rings (SSSR count). The van der Waals surface area contributed by atoms with Gasteiger partial charge < -0.3 is 4.74 Å². The maximum Gasteiger partial charge on any atom is 0.129 e. The molecule has 0 aliphatic heterocycles. The SMILES string of the molecule is C/C=C1\CCC(CC)=C1Oc1ccccc1. The second-order valence-corrected chi connectivity index (χ2v) is 4.02. The molecule has 1 aliphatic rings. The minimum Gasteiger partial charge on any atom is -0.457 e. The van der Waals surface area contributed by atoms with Crippen LogP contribution in [0.1, 0.15) is 33.1 Å². The van der Waals surface area contributed by atoms with Gasteiger partial charge in [-0.05, 0) is 49.5 Å². The molecule has 0 amide bonds. The molecule has 84 valence electrons. The highest BCUT2D eigenvalue weighted by Crippen LogP contribution is 2.34. The van der Waals surface area contributed by atoms with Crippen LogP contribution in [0.15, 0.2) is 53.3 Å². The molecule has 0 radical (unpaired) electrons. The van der Waals surface area contributed by atoms with Crippen LogP contribution in [0.25, 0.3) is 0 Å². The fourth-order valence-electron chi connectivity index (χ4n) is 2.10. The molecule has 0 bridgehead atoms. The van der Waals surface area contributed by atoms with Gasteiger partial charge in [0.15, 0.2) is 0 Å². The van der Waals surface area contributed by atoms with E-state index in [-0.39, 0.29) is 0 Å². The molecule has 0 aromatic heterocycles. The molecule has 1 aromatic rings. The van der Waals surface area contributed by atoms with Gasteiger partial charge in [-0.25, -0.2) is 0 Å². The predicted molar refractivity (Wildman–Crippen MR) is 67.4 cm³/mol. The van der Waals surface area contributed by atoms with Crippen molar-refractivity contribution in [2.24, 2.45) is 0 Å². The minimum atomic E-state index is 0.935. The topological polar surface area (TPSA) is 9.23 Å². The third-order valence-corrected chi connectivity index (χ3v) is 3.05. The molecular formula is C15H18O. The van der Waals surface area contributed by atoms with E-state index in [4.69, 9.17) is 4.74 Å². The van der Waals surface area contributed by atoms with Crippen LogP contribution >= 0.6 is 0 Å². The number of para-hydroxylation sites is 1. The number of allylic oxidation sites excluding steroid dienone is 3. The lowest BCUT2D eigenvalue weighted by Gasteiger charge is -2.10. The molecule has 0 saturated heterocycles. The molecule has 0 spiro atoms. The van der Waals surface area contributed by atoms with Crippen LogP contribution in [0.3, 0.4) is 0 Å². The Morgan fingerprint density at radius 3 is 2.56 bits per heavy atom. The zero-order chi connectivity index (χ0) is 11.4. The van der Waals surface area contributed by atoms with Gasteiger partial charge in [0.2, 0.25) is 0 Å². The van der Waals surface area contributed by atoms with E-state index in [1.807, 2.05) is 30.3 Å². The van der Waals surface area contributed by atoms with E-state index < -0.39 is 0 Å². The summed E-state index contributed by atoms with van der Waals surface area (Å²) in [6.07, 6.45) is 5.53. The van der Waals surface area contributed by atoms with E-state index in [0.29, 0.717) is 0 Å². The van der Waals surface area contributed by atoms with Crippen LogP contribution in [0, 0.1) is 0 Å². The van der Waals surface area contributed by atoms with E-state index in [1.54, 1.807) is 0 Å². The standard InChI is InChI=1S/C15H18O/c1-3-12-10-11-13(4-2)15(12)16-14-8-6-5-7-9-14/h3,5-9H,4,10-11H2,1-2H3/b12-3+. The molecular weight excluding hydrogens is 196 g/mol. The van der Waals surface area contributed by atoms with Gasteiger partial charge in [-0.3, -0.25) is 0 Å². The second-order valence-electron chi connectivity index (χ2n) is 4.02. The molecule has 0 saturated carbocycles. The minimum absolute atomic E-state index is 0.935. The largest absolute Gasteiger partial charge is 0.457 e. The first kappa shape index (κ1) is 11.0.